The quantitative estimate of drug-likeness (QED) is 0.854. The smallest absolute Gasteiger partial charge is 0.255 e. The van der Waals surface area contributed by atoms with Crippen LogP contribution in [-0.4, -0.2) is 79.0 Å². The minimum atomic E-state index is 0.0741. The van der Waals surface area contributed by atoms with Gasteiger partial charge in [0.05, 0.1) is 5.56 Å². The number of amides is 2. The van der Waals surface area contributed by atoms with Gasteiger partial charge in [-0.25, -0.2) is 4.98 Å². The van der Waals surface area contributed by atoms with Gasteiger partial charge in [-0.1, -0.05) is 0 Å². The van der Waals surface area contributed by atoms with Crippen LogP contribution in [0.4, 0.5) is 5.82 Å². The lowest BCUT2D eigenvalue weighted by Gasteiger charge is -2.34. The molecule has 3 fully saturated rings. The van der Waals surface area contributed by atoms with Crippen molar-refractivity contribution in [1.82, 2.24) is 20.1 Å². The minimum Gasteiger partial charge on any atom is -0.354 e. The fourth-order valence-electron chi connectivity index (χ4n) is 4.30. The van der Waals surface area contributed by atoms with Gasteiger partial charge in [0.1, 0.15) is 5.82 Å². The van der Waals surface area contributed by atoms with Crippen molar-refractivity contribution in [3.05, 3.63) is 23.9 Å². The Bertz CT molecular complexity index is 663. The number of piperazine rings is 1. The molecule has 0 aromatic carbocycles. The molecule has 0 saturated carbocycles. The zero-order chi connectivity index (χ0) is 18.6. The molecular formula is C20H29N5O2. The fourth-order valence-corrected chi connectivity index (χ4v) is 4.30. The molecule has 2 amide bonds. The summed E-state index contributed by atoms with van der Waals surface area (Å²) < 4.78 is 0. The molecule has 4 rings (SSSR count). The number of hydrogen-bond acceptors (Lipinski definition) is 5. The molecule has 0 unspecified atom stereocenters. The number of anilines is 1. The first-order valence-electron chi connectivity index (χ1n) is 10.2. The van der Waals surface area contributed by atoms with Crippen molar-refractivity contribution in [3.8, 4) is 0 Å². The standard InChI is InChI=1S/C20H29N5O2/c26-19-2-1-9-25(19)15-16-5-10-24(11-6-16)20(27)17-3-4-18(22-14-17)23-12-7-21-8-13-23/h3-4,14,16,21H,1-2,5-13,15H2. The van der Waals surface area contributed by atoms with E-state index in [0.717, 1.165) is 77.4 Å². The summed E-state index contributed by atoms with van der Waals surface area (Å²) in [5, 5.41) is 3.33. The van der Waals surface area contributed by atoms with Crippen LogP contribution < -0.4 is 10.2 Å². The summed E-state index contributed by atoms with van der Waals surface area (Å²) in [6, 6.07) is 3.87. The molecule has 7 nitrogen and oxygen atoms in total. The van der Waals surface area contributed by atoms with E-state index in [1.807, 2.05) is 21.9 Å². The number of nitrogens with zero attached hydrogens (tertiary/aromatic N) is 4. The van der Waals surface area contributed by atoms with Gasteiger partial charge < -0.3 is 20.0 Å². The van der Waals surface area contributed by atoms with Gasteiger partial charge in [0.2, 0.25) is 5.91 Å². The number of carbonyl (C=O) groups is 2. The first kappa shape index (κ1) is 18.2. The average Bonchev–Trinajstić information content (AvgIpc) is 3.13. The molecule has 27 heavy (non-hydrogen) atoms. The van der Waals surface area contributed by atoms with Gasteiger partial charge in [0.25, 0.3) is 5.91 Å². The van der Waals surface area contributed by atoms with Crippen LogP contribution in [0.25, 0.3) is 0 Å². The zero-order valence-corrected chi connectivity index (χ0v) is 15.9. The first-order chi connectivity index (χ1) is 13.2. The third-order valence-electron chi connectivity index (χ3n) is 5.99. The molecule has 3 aliphatic rings. The largest absolute Gasteiger partial charge is 0.354 e. The van der Waals surface area contributed by atoms with E-state index in [1.54, 1.807) is 6.20 Å². The van der Waals surface area contributed by atoms with Crippen LogP contribution in [-0.2, 0) is 4.79 Å². The Morgan fingerprint density at radius 2 is 1.89 bits per heavy atom. The van der Waals surface area contributed by atoms with Crippen molar-refractivity contribution in [2.75, 3.05) is 57.3 Å². The van der Waals surface area contributed by atoms with Crippen molar-refractivity contribution in [1.29, 1.82) is 0 Å². The van der Waals surface area contributed by atoms with E-state index in [4.69, 9.17) is 0 Å². The van der Waals surface area contributed by atoms with Crippen LogP contribution in [0.3, 0.4) is 0 Å². The molecule has 0 radical (unpaired) electrons. The SMILES string of the molecule is O=C1CCCN1CC1CCN(C(=O)c2ccc(N3CCNCC3)nc2)CC1. The van der Waals surface area contributed by atoms with Crippen molar-refractivity contribution in [2.24, 2.45) is 5.92 Å². The number of piperidine rings is 1. The number of carbonyl (C=O) groups excluding carboxylic acids is 2. The third kappa shape index (κ3) is 4.24. The normalized spacial score (nSPS) is 21.8. The predicted molar refractivity (Wildman–Crippen MR) is 104 cm³/mol. The van der Waals surface area contributed by atoms with Gasteiger partial charge in [0.15, 0.2) is 0 Å². The van der Waals surface area contributed by atoms with Crippen LogP contribution >= 0.6 is 0 Å². The lowest BCUT2D eigenvalue weighted by Crippen LogP contribution is -2.44. The Balaban J connectivity index is 1.29. The highest BCUT2D eigenvalue weighted by molar-refractivity contribution is 5.94. The summed E-state index contributed by atoms with van der Waals surface area (Å²) in [6.07, 6.45) is 5.36. The highest BCUT2D eigenvalue weighted by Crippen LogP contribution is 2.22. The molecule has 146 valence electrons. The van der Waals surface area contributed by atoms with Gasteiger partial charge in [-0.15, -0.1) is 0 Å². The van der Waals surface area contributed by atoms with E-state index < -0.39 is 0 Å². The van der Waals surface area contributed by atoms with Gasteiger partial charge in [-0.05, 0) is 37.3 Å². The van der Waals surface area contributed by atoms with Gasteiger partial charge in [-0.3, -0.25) is 9.59 Å². The molecule has 3 aliphatic heterocycles. The fraction of sp³-hybridized carbons (Fsp3) is 0.650. The lowest BCUT2D eigenvalue weighted by atomic mass is 9.96. The van der Waals surface area contributed by atoms with E-state index >= 15 is 0 Å². The highest BCUT2D eigenvalue weighted by Gasteiger charge is 2.28. The molecule has 1 aromatic heterocycles. The number of likely N-dealkylation sites (tertiary alicyclic amines) is 2. The summed E-state index contributed by atoms with van der Waals surface area (Å²) in [5.74, 6) is 1.83. The molecule has 1 aromatic rings. The van der Waals surface area contributed by atoms with E-state index in [1.165, 1.54) is 0 Å². The summed E-state index contributed by atoms with van der Waals surface area (Å²) in [5.41, 5.74) is 0.669. The van der Waals surface area contributed by atoms with Gasteiger partial charge >= 0.3 is 0 Å². The number of rotatable bonds is 4. The number of aromatic nitrogens is 1. The predicted octanol–water partition coefficient (Wildman–Crippen LogP) is 0.966. The van der Waals surface area contributed by atoms with Crippen molar-refractivity contribution in [3.63, 3.8) is 0 Å². The monoisotopic (exact) mass is 371 g/mol. The maximum absolute atomic E-state index is 12.8. The Morgan fingerprint density at radius 3 is 2.52 bits per heavy atom. The Morgan fingerprint density at radius 1 is 1.11 bits per heavy atom. The van der Waals surface area contributed by atoms with E-state index in [0.29, 0.717) is 23.8 Å². The lowest BCUT2D eigenvalue weighted by molar-refractivity contribution is -0.128. The summed E-state index contributed by atoms with van der Waals surface area (Å²) in [6.45, 7) is 7.16. The first-order valence-corrected chi connectivity index (χ1v) is 10.2. The number of hydrogen-bond donors (Lipinski definition) is 1. The molecule has 0 aliphatic carbocycles. The number of pyridine rings is 1. The van der Waals surface area contributed by atoms with E-state index in [2.05, 4.69) is 15.2 Å². The number of nitrogens with one attached hydrogen (secondary N) is 1. The zero-order valence-electron chi connectivity index (χ0n) is 15.9. The Kier molecular flexibility index (Phi) is 5.57. The van der Waals surface area contributed by atoms with E-state index in [9.17, 15) is 9.59 Å². The highest BCUT2D eigenvalue weighted by atomic mass is 16.2. The molecule has 7 heteroatoms. The Labute approximate surface area is 160 Å². The molecule has 4 heterocycles. The van der Waals surface area contributed by atoms with Crippen LogP contribution in [0.15, 0.2) is 18.3 Å². The second-order valence-electron chi connectivity index (χ2n) is 7.82. The maximum Gasteiger partial charge on any atom is 0.255 e. The van der Waals surface area contributed by atoms with Crippen LogP contribution in [0, 0.1) is 5.92 Å². The maximum atomic E-state index is 12.8. The molecule has 0 atom stereocenters. The third-order valence-corrected chi connectivity index (χ3v) is 5.99. The van der Waals surface area contributed by atoms with Gasteiger partial charge in [0, 0.05) is 65.0 Å². The second-order valence-corrected chi connectivity index (χ2v) is 7.82. The summed E-state index contributed by atoms with van der Waals surface area (Å²) in [7, 11) is 0. The van der Waals surface area contributed by atoms with Crippen molar-refractivity contribution in [2.45, 2.75) is 25.7 Å². The minimum absolute atomic E-state index is 0.0741. The molecular weight excluding hydrogens is 342 g/mol. The molecule has 1 N–H and O–H groups in total. The van der Waals surface area contributed by atoms with Gasteiger partial charge in [-0.2, -0.15) is 0 Å². The second kappa shape index (κ2) is 8.25. The van der Waals surface area contributed by atoms with Crippen LogP contribution in [0.1, 0.15) is 36.0 Å². The van der Waals surface area contributed by atoms with Crippen molar-refractivity contribution >= 4 is 17.6 Å². The van der Waals surface area contributed by atoms with Crippen molar-refractivity contribution < 1.29 is 9.59 Å². The molecule has 0 spiro atoms. The Hall–Kier alpha value is -2.15. The van der Waals surface area contributed by atoms with Crippen LogP contribution in [0.5, 0.6) is 0 Å². The molecule has 0 bridgehead atoms. The summed E-state index contributed by atoms with van der Waals surface area (Å²) >= 11 is 0. The topological polar surface area (TPSA) is 68.8 Å². The molecule has 3 saturated heterocycles. The van der Waals surface area contributed by atoms with E-state index in [-0.39, 0.29) is 5.91 Å². The summed E-state index contributed by atoms with van der Waals surface area (Å²) in [4.78, 5) is 35.3. The average molecular weight is 371 g/mol. The van der Waals surface area contributed by atoms with Crippen LogP contribution in [0.2, 0.25) is 0 Å².